The Balaban J connectivity index is 1.29. The minimum Gasteiger partial charge on any atom is -0.337 e. The third kappa shape index (κ3) is 3.30. The summed E-state index contributed by atoms with van der Waals surface area (Å²) < 4.78 is 15.1. The van der Waals surface area contributed by atoms with Crippen LogP contribution in [0.2, 0.25) is 0 Å². The Morgan fingerprint density at radius 1 is 1.10 bits per heavy atom. The molecule has 4 atom stereocenters. The van der Waals surface area contributed by atoms with Crippen LogP contribution < -0.4 is 0 Å². The molecule has 3 heterocycles. The maximum atomic E-state index is 13.3. The Morgan fingerprint density at radius 3 is 2.52 bits per heavy atom. The highest BCUT2D eigenvalue weighted by Gasteiger charge is 2.43. The molecule has 3 aromatic rings. The molecule has 6 heteroatoms. The molecule has 29 heavy (non-hydrogen) atoms. The first-order chi connectivity index (χ1) is 14.1. The van der Waals surface area contributed by atoms with E-state index in [1.165, 1.54) is 5.56 Å². The van der Waals surface area contributed by atoms with Gasteiger partial charge in [0.1, 0.15) is 11.3 Å². The average Bonchev–Trinajstić information content (AvgIpc) is 3.27. The van der Waals surface area contributed by atoms with Gasteiger partial charge in [-0.05, 0) is 68.4 Å². The van der Waals surface area contributed by atoms with Gasteiger partial charge in [-0.2, -0.15) is 0 Å². The number of aromatic nitrogens is 3. The first kappa shape index (κ1) is 18.3. The van der Waals surface area contributed by atoms with Gasteiger partial charge in [-0.3, -0.25) is 4.79 Å². The first-order valence-corrected chi connectivity index (χ1v) is 10.5. The SMILES string of the molecule is C[C@@H](CC(=O)N1[C@@H]2CC[C@H]1CC(c1ccc(F)cc1)C2)n1nnc2ccccc21. The van der Waals surface area contributed by atoms with Crippen LogP contribution in [0.3, 0.4) is 0 Å². The van der Waals surface area contributed by atoms with Gasteiger partial charge >= 0.3 is 0 Å². The Hall–Kier alpha value is -2.76. The third-order valence-electron chi connectivity index (χ3n) is 6.63. The van der Waals surface area contributed by atoms with Gasteiger partial charge in [0.25, 0.3) is 0 Å². The largest absolute Gasteiger partial charge is 0.337 e. The molecule has 1 aromatic heterocycles. The normalized spacial score (nSPS) is 24.8. The van der Waals surface area contributed by atoms with Gasteiger partial charge in [-0.15, -0.1) is 5.10 Å². The smallest absolute Gasteiger partial charge is 0.225 e. The lowest BCUT2D eigenvalue weighted by atomic mass is 9.85. The molecule has 150 valence electrons. The molecule has 0 aliphatic carbocycles. The summed E-state index contributed by atoms with van der Waals surface area (Å²) in [5.74, 6) is 0.426. The van der Waals surface area contributed by atoms with E-state index in [-0.39, 0.29) is 29.8 Å². The summed E-state index contributed by atoms with van der Waals surface area (Å²) in [6.07, 6.45) is 4.49. The number of amides is 1. The van der Waals surface area contributed by atoms with Crippen molar-refractivity contribution in [2.75, 3.05) is 0 Å². The molecule has 2 saturated heterocycles. The van der Waals surface area contributed by atoms with Crippen molar-refractivity contribution in [3.8, 4) is 0 Å². The summed E-state index contributed by atoms with van der Waals surface area (Å²) in [5.41, 5.74) is 3.01. The lowest BCUT2D eigenvalue weighted by Crippen LogP contribution is -2.46. The second-order valence-corrected chi connectivity index (χ2v) is 8.48. The van der Waals surface area contributed by atoms with Crippen molar-refractivity contribution in [3.63, 3.8) is 0 Å². The molecule has 5 nitrogen and oxygen atoms in total. The van der Waals surface area contributed by atoms with Crippen molar-refractivity contribution in [3.05, 3.63) is 59.9 Å². The Labute approximate surface area is 169 Å². The van der Waals surface area contributed by atoms with Gasteiger partial charge in [0.05, 0.1) is 11.6 Å². The molecule has 2 aliphatic rings. The molecule has 2 aliphatic heterocycles. The van der Waals surface area contributed by atoms with Crippen molar-refractivity contribution in [2.24, 2.45) is 0 Å². The van der Waals surface area contributed by atoms with E-state index in [0.29, 0.717) is 12.3 Å². The van der Waals surface area contributed by atoms with Crippen LogP contribution in [0.25, 0.3) is 11.0 Å². The fourth-order valence-corrected chi connectivity index (χ4v) is 5.25. The zero-order chi connectivity index (χ0) is 20.0. The van der Waals surface area contributed by atoms with E-state index in [2.05, 4.69) is 15.2 Å². The van der Waals surface area contributed by atoms with Gasteiger partial charge < -0.3 is 4.90 Å². The van der Waals surface area contributed by atoms with E-state index < -0.39 is 0 Å². The molecule has 2 bridgehead atoms. The number of carbonyl (C=O) groups is 1. The number of benzene rings is 2. The van der Waals surface area contributed by atoms with Crippen LogP contribution in [-0.4, -0.2) is 37.9 Å². The van der Waals surface area contributed by atoms with E-state index in [0.717, 1.165) is 36.7 Å². The zero-order valence-electron chi connectivity index (χ0n) is 16.5. The van der Waals surface area contributed by atoms with E-state index in [1.54, 1.807) is 12.1 Å². The molecule has 0 spiro atoms. The van der Waals surface area contributed by atoms with Crippen molar-refractivity contribution in [2.45, 2.75) is 63.1 Å². The predicted molar refractivity (Wildman–Crippen MR) is 109 cm³/mol. The summed E-state index contributed by atoms with van der Waals surface area (Å²) >= 11 is 0. The van der Waals surface area contributed by atoms with Crippen LogP contribution in [0.4, 0.5) is 4.39 Å². The fraction of sp³-hybridized carbons (Fsp3) is 0.435. The van der Waals surface area contributed by atoms with E-state index in [1.807, 2.05) is 48.0 Å². The second-order valence-electron chi connectivity index (χ2n) is 8.48. The van der Waals surface area contributed by atoms with Crippen molar-refractivity contribution in [1.82, 2.24) is 19.9 Å². The maximum Gasteiger partial charge on any atom is 0.225 e. The molecule has 5 rings (SSSR count). The fourth-order valence-electron chi connectivity index (χ4n) is 5.25. The average molecular weight is 392 g/mol. The van der Waals surface area contributed by atoms with Crippen molar-refractivity contribution < 1.29 is 9.18 Å². The summed E-state index contributed by atoms with van der Waals surface area (Å²) in [6.45, 7) is 2.03. The molecular formula is C23H25FN4O. The number of hydrogen-bond acceptors (Lipinski definition) is 3. The minimum absolute atomic E-state index is 0.0378. The number of fused-ring (bicyclic) bond motifs is 3. The van der Waals surface area contributed by atoms with Crippen LogP contribution in [0.15, 0.2) is 48.5 Å². The number of hydrogen-bond donors (Lipinski definition) is 0. The lowest BCUT2D eigenvalue weighted by molar-refractivity contribution is -0.136. The van der Waals surface area contributed by atoms with Crippen LogP contribution in [-0.2, 0) is 4.79 Å². The summed E-state index contributed by atoms with van der Waals surface area (Å²) in [5, 5.41) is 8.48. The van der Waals surface area contributed by atoms with Crippen LogP contribution in [0.5, 0.6) is 0 Å². The quantitative estimate of drug-likeness (QED) is 0.659. The third-order valence-corrected chi connectivity index (χ3v) is 6.63. The van der Waals surface area contributed by atoms with Crippen molar-refractivity contribution >= 4 is 16.9 Å². The number of nitrogens with zero attached hydrogens (tertiary/aromatic N) is 4. The zero-order valence-corrected chi connectivity index (χ0v) is 16.5. The van der Waals surface area contributed by atoms with Crippen LogP contribution in [0, 0.1) is 5.82 Å². The maximum absolute atomic E-state index is 13.3. The molecule has 0 radical (unpaired) electrons. The van der Waals surface area contributed by atoms with E-state index in [9.17, 15) is 9.18 Å². The predicted octanol–water partition coefficient (Wildman–Crippen LogP) is 4.46. The van der Waals surface area contributed by atoms with E-state index >= 15 is 0 Å². The van der Waals surface area contributed by atoms with Gasteiger partial charge in [-0.25, -0.2) is 9.07 Å². The molecule has 1 unspecified atom stereocenters. The standard InChI is InChI=1S/C23H25FN4O/c1-15(28-22-5-3-2-4-21(22)25-26-28)12-23(29)27-19-10-11-20(27)14-17(13-19)16-6-8-18(24)9-7-16/h2-9,15,17,19-20H,10-14H2,1H3/t15-,17?,19-,20+/m0/s1. The summed E-state index contributed by atoms with van der Waals surface area (Å²) in [4.78, 5) is 15.3. The first-order valence-electron chi connectivity index (χ1n) is 10.5. The van der Waals surface area contributed by atoms with Gasteiger partial charge in [0.15, 0.2) is 0 Å². The highest BCUT2D eigenvalue weighted by molar-refractivity contribution is 5.79. The molecule has 2 aromatic carbocycles. The highest BCUT2D eigenvalue weighted by atomic mass is 19.1. The Morgan fingerprint density at radius 2 is 1.79 bits per heavy atom. The van der Waals surface area contributed by atoms with Crippen LogP contribution >= 0.6 is 0 Å². The number of piperidine rings is 1. The monoisotopic (exact) mass is 392 g/mol. The van der Waals surface area contributed by atoms with E-state index in [4.69, 9.17) is 0 Å². The Kier molecular flexibility index (Phi) is 4.57. The minimum atomic E-state index is -0.195. The number of halogens is 1. The van der Waals surface area contributed by atoms with Gasteiger partial charge in [0, 0.05) is 18.5 Å². The van der Waals surface area contributed by atoms with Gasteiger partial charge in [0.2, 0.25) is 5.91 Å². The molecule has 2 fully saturated rings. The van der Waals surface area contributed by atoms with Crippen LogP contribution in [0.1, 0.15) is 56.6 Å². The lowest BCUT2D eigenvalue weighted by Gasteiger charge is -2.39. The number of para-hydroxylation sites is 1. The summed E-state index contributed by atoms with van der Waals surface area (Å²) in [7, 11) is 0. The van der Waals surface area contributed by atoms with Crippen molar-refractivity contribution in [1.29, 1.82) is 0 Å². The molecule has 0 saturated carbocycles. The topological polar surface area (TPSA) is 51.0 Å². The number of carbonyl (C=O) groups excluding carboxylic acids is 1. The Bertz CT molecular complexity index is 1020. The summed E-state index contributed by atoms with van der Waals surface area (Å²) in [6, 6.07) is 15.3. The molecule has 0 N–H and O–H groups in total. The second kappa shape index (κ2) is 7.25. The molecule has 1 amide bonds. The van der Waals surface area contributed by atoms with Gasteiger partial charge in [-0.1, -0.05) is 29.5 Å². The molecular weight excluding hydrogens is 367 g/mol. The number of rotatable bonds is 4. The highest BCUT2D eigenvalue weighted by Crippen LogP contribution is 2.43.